The van der Waals surface area contributed by atoms with Gasteiger partial charge in [0.15, 0.2) is 11.6 Å². The Kier molecular flexibility index (Phi) is 15.2. The molecule has 0 bridgehead atoms. The van der Waals surface area contributed by atoms with Crippen molar-refractivity contribution in [3.63, 3.8) is 0 Å². The molecule has 0 spiro atoms. The number of nitrogens with zero attached hydrogens (tertiary/aromatic N) is 2. The summed E-state index contributed by atoms with van der Waals surface area (Å²) in [6.45, 7) is 5.73. The monoisotopic (exact) mass is 728 g/mol. The Morgan fingerprint density at radius 2 is 0.759 bits per heavy atom. The lowest BCUT2D eigenvalue weighted by molar-refractivity contribution is -0.136. The van der Waals surface area contributed by atoms with Crippen molar-refractivity contribution in [2.24, 2.45) is 0 Å². The van der Waals surface area contributed by atoms with Gasteiger partial charge in [-0.1, -0.05) is 147 Å². The van der Waals surface area contributed by atoms with Crippen LogP contribution >= 0.6 is 0 Å². The first-order valence-corrected chi connectivity index (χ1v) is 20.5. The van der Waals surface area contributed by atoms with Crippen LogP contribution in [0.5, 0.6) is 0 Å². The quantitative estimate of drug-likeness (QED) is 0.0805. The molecule has 0 radical (unpaired) electrons. The summed E-state index contributed by atoms with van der Waals surface area (Å²) in [5, 5.41) is 0. The van der Waals surface area contributed by atoms with Crippen LogP contribution in [-0.2, 0) is 44.7 Å². The summed E-state index contributed by atoms with van der Waals surface area (Å²) < 4.78 is 11.6. The lowest BCUT2D eigenvalue weighted by atomic mass is 9.77. The van der Waals surface area contributed by atoms with Crippen LogP contribution < -0.4 is 0 Å². The second-order valence-corrected chi connectivity index (χ2v) is 15.3. The van der Waals surface area contributed by atoms with Gasteiger partial charge >= 0.3 is 0 Å². The SMILES string of the molecule is O=C(CCc1ccccc1)C(CCCCCCC(Cc1ccccc1)(C(=O)CCc1ccccc1)N1CCOCC1)(Cc1ccccc1)N1CCOCC1. The number of carbonyl (C=O) groups excluding carboxylic acids is 2. The van der Waals surface area contributed by atoms with Crippen molar-refractivity contribution >= 4 is 11.6 Å². The molecule has 4 aromatic carbocycles. The molecule has 0 saturated carbocycles. The van der Waals surface area contributed by atoms with Gasteiger partial charge in [0, 0.05) is 39.0 Å². The first kappa shape index (κ1) is 39.7. The van der Waals surface area contributed by atoms with Gasteiger partial charge in [0.05, 0.1) is 37.5 Å². The van der Waals surface area contributed by atoms with Crippen molar-refractivity contribution in [3.8, 4) is 0 Å². The second kappa shape index (κ2) is 20.7. The first-order valence-electron chi connectivity index (χ1n) is 20.5. The van der Waals surface area contributed by atoms with E-state index in [1.807, 2.05) is 12.1 Å². The third-order valence-electron chi connectivity index (χ3n) is 11.8. The Balaban J connectivity index is 1.17. The molecule has 6 rings (SSSR count). The maximum absolute atomic E-state index is 14.6. The highest BCUT2D eigenvalue weighted by Gasteiger charge is 2.45. The summed E-state index contributed by atoms with van der Waals surface area (Å²) in [6, 6.07) is 42.0. The fourth-order valence-electron chi connectivity index (χ4n) is 8.85. The third kappa shape index (κ3) is 10.8. The third-order valence-corrected chi connectivity index (χ3v) is 11.8. The van der Waals surface area contributed by atoms with E-state index in [0.717, 1.165) is 77.5 Å². The normalized spacial score (nSPS) is 17.7. The number of ether oxygens (including phenoxy) is 2. The number of ketones is 2. The number of morpholine rings is 2. The maximum Gasteiger partial charge on any atom is 0.153 e. The summed E-state index contributed by atoms with van der Waals surface area (Å²) in [5.74, 6) is 0.686. The molecule has 2 heterocycles. The molecule has 4 aromatic rings. The lowest BCUT2D eigenvalue weighted by Gasteiger charge is -2.45. The van der Waals surface area contributed by atoms with E-state index in [-0.39, 0.29) is 0 Å². The molecule has 0 aromatic heterocycles. The predicted molar refractivity (Wildman–Crippen MR) is 218 cm³/mol. The number of hydrogen-bond donors (Lipinski definition) is 0. The minimum absolute atomic E-state index is 0.343. The number of unbranched alkanes of at least 4 members (excludes halogenated alkanes) is 3. The average Bonchev–Trinajstić information content (AvgIpc) is 3.24. The summed E-state index contributed by atoms with van der Waals surface area (Å²) in [6.07, 6.45) is 9.62. The highest BCUT2D eigenvalue weighted by Crippen LogP contribution is 2.34. The van der Waals surface area contributed by atoms with Gasteiger partial charge in [-0.25, -0.2) is 0 Å². The van der Waals surface area contributed by atoms with E-state index in [4.69, 9.17) is 9.47 Å². The highest BCUT2D eigenvalue weighted by molar-refractivity contribution is 5.89. The number of aryl methyl sites for hydroxylation is 2. The van der Waals surface area contributed by atoms with Gasteiger partial charge in [0.1, 0.15) is 0 Å². The van der Waals surface area contributed by atoms with Crippen molar-refractivity contribution < 1.29 is 19.1 Å². The number of carbonyl (C=O) groups is 2. The fourth-order valence-corrected chi connectivity index (χ4v) is 8.85. The molecule has 6 heteroatoms. The molecule has 6 nitrogen and oxygen atoms in total. The van der Waals surface area contributed by atoms with Crippen LogP contribution in [0.15, 0.2) is 121 Å². The molecule has 2 aliphatic heterocycles. The van der Waals surface area contributed by atoms with Gasteiger partial charge in [0.2, 0.25) is 0 Å². The van der Waals surface area contributed by atoms with Crippen molar-refractivity contribution in [2.45, 2.75) is 88.1 Å². The number of rotatable bonds is 21. The van der Waals surface area contributed by atoms with Crippen LogP contribution in [0.1, 0.15) is 73.6 Å². The van der Waals surface area contributed by atoms with E-state index in [0.29, 0.717) is 63.7 Å². The number of hydrogen-bond acceptors (Lipinski definition) is 6. The molecule has 2 fully saturated rings. The Morgan fingerprint density at radius 1 is 0.444 bits per heavy atom. The van der Waals surface area contributed by atoms with Gasteiger partial charge in [0.25, 0.3) is 0 Å². The first-order chi connectivity index (χ1) is 26.6. The zero-order valence-electron chi connectivity index (χ0n) is 32.2. The standard InChI is InChI=1S/C48H60N2O4/c51-45(27-25-41-17-7-3-8-18-41)47(49-31-35-53-36-32-49,39-43-21-11-5-12-22-43)29-15-1-2-16-30-48(50-33-37-54-38-34-50,40-44-23-13-6-14-24-44)46(52)28-26-42-19-9-4-10-20-42/h3-14,17-24H,1-2,15-16,25-40H2. The lowest BCUT2D eigenvalue weighted by Crippen LogP contribution is -2.59. The Bertz CT molecular complexity index is 1550. The fraction of sp³-hybridized carbons (Fsp3) is 0.458. The summed E-state index contributed by atoms with van der Waals surface area (Å²) >= 11 is 0. The van der Waals surface area contributed by atoms with E-state index in [9.17, 15) is 9.59 Å². The largest absolute Gasteiger partial charge is 0.379 e. The topological polar surface area (TPSA) is 59.1 Å². The van der Waals surface area contributed by atoms with Crippen molar-refractivity contribution in [1.82, 2.24) is 9.80 Å². The Morgan fingerprint density at radius 3 is 1.09 bits per heavy atom. The summed E-state index contributed by atoms with van der Waals surface area (Å²) in [4.78, 5) is 34.2. The maximum atomic E-state index is 14.6. The van der Waals surface area contributed by atoms with Gasteiger partial charge < -0.3 is 9.47 Å². The molecule has 54 heavy (non-hydrogen) atoms. The smallest absolute Gasteiger partial charge is 0.153 e. The minimum Gasteiger partial charge on any atom is -0.379 e. The van der Waals surface area contributed by atoms with Crippen LogP contribution in [0.4, 0.5) is 0 Å². The van der Waals surface area contributed by atoms with Crippen molar-refractivity contribution in [3.05, 3.63) is 144 Å². The second-order valence-electron chi connectivity index (χ2n) is 15.3. The molecular weight excluding hydrogens is 669 g/mol. The van der Waals surface area contributed by atoms with Crippen LogP contribution in [0.25, 0.3) is 0 Å². The van der Waals surface area contributed by atoms with E-state index < -0.39 is 11.1 Å². The van der Waals surface area contributed by atoms with E-state index in [1.54, 1.807) is 0 Å². The van der Waals surface area contributed by atoms with Gasteiger partial charge in [-0.15, -0.1) is 0 Å². The van der Waals surface area contributed by atoms with E-state index in [1.165, 1.54) is 22.3 Å². The zero-order valence-corrected chi connectivity index (χ0v) is 32.2. The summed E-state index contributed by atoms with van der Waals surface area (Å²) in [5.41, 5.74) is 3.69. The molecule has 286 valence electrons. The number of Topliss-reactive ketones (excluding diaryl/α,β-unsaturated/α-hetero) is 2. The van der Waals surface area contributed by atoms with Crippen LogP contribution in [0.2, 0.25) is 0 Å². The molecule has 2 atom stereocenters. The summed E-state index contributed by atoms with van der Waals surface area (Å²) in [7, 11) is 0. The van der Waals surface area contributed by atoms with Crippen molar-refractivity contribution in [1.29, 1.82) is 0 Å². The van der Waals surface area contributed by atoms with E-state index in [2.05, 4.69) is 119 Å². The highest BCUT2D eigenvalue weighted by atomic mass is 16.5. The minimum atomic E-state index is -0.571. The van der Waals surface area contributed by atoms with Crippen LogP contribution in [-0.4, -0.2) is 85.1 Å². The molecule has 2 saturated heterocycles. The Labute approximate surface area is 323 Å². The van der Waals surface area contributed by atoms with Crippen LogP contribution in [0, 0.1) is 0 Å². The molecule has 0 aliphatic carbocycles. The van der Waals surface area contributed by atoms with Gasteiger partial charge in [-0.2, -0.15) is 0 Å². The molecule has 0 N–H and O–H groups in total. The van der Waals surface area contributed by atoms with E-state index >= 15 is 0 Å². The average molecular weight is 729 g/mol. The molecule has 2 aliphatic rings. The molecular formula is C48H60N2O4. The number of benzene rings is 4. The van der Waals surface area contributed by atoms with Gasteiger partial charge in [-0.05, 0) is 60.8 Å². The Hall–Kier alpha value is -3.94. The molecule has 0 amide bonds. The van der Waals surface area contributed by atoms with Crippen LogP contribution in [0.3, 0.4) is 0 Å². The zero-order chi connectivity index (χ0) is 37.3. The molecule has 2 unspecified atom stereocenters. The van der Waals surface area contributed by atoms with Gasteiger partial charge in [-0.3, -0.25) is 19.4 Å². The predicted octanol–water partition coefficient (Wildman–Crippen LogP) is 8.36. The van der Waals surface area contributed by atoms with Crippen molar-refractivity contribution in [2.75, 3.05) is 52.6 Å².